The van der Waals surface area contributed by atoms with Crippen LogP contribution in [0, 0.1) is 0 Å². The summed E-state index contributed by atoms with van der Waals surface area (Å²) in [6.45, 7) is 2.32. The Hall–Kier alpha value is -1.79. The van der Waals surface area contributed by atoms with Crippen LogP contribution in [0.1, 0.15) is 58.3 Å². The SMILES string of the molecule is CCCCCCCCO[C@H]1O[C@H](C(=O)NC(CCC(=O)O)C(=O)O)[C@@H](O)[C@H](O)[C@H]1O. The minimum atomic E-state index is -1.82. The molecule has 0 aliphatic carbocycles. The highest BCUT2D eigenvalue weighted by Gasteiger charge is 2.47. The van der Waals surface area contributed by atoms with Crippen LogP contribution in [0.2, 0.25) is 0 Å². The van der Waals surface area contributed by atoms with Crippen LogP contribution in [0.4, 0.5) is 0 Å². The van der Waals surface area contributed by atoms with Crippen LogP contribution in [-0.4, -0.2) is 86.7 Å². The molecular weight excluding hydrogens is 402 g/mol. The van der Waals surface area contributed by atoms with E-state index in [0.29, 0.717) is 6.42 Å². The Morgan fingerprint density at radius 2 is 1.60 bits per heavy atom. The van der Waals surface area contributed by atoms with Crippen LogP contribution in [0.3, 0.4) is 0 Å². The molecule has 0 saturated carbocycles. The molecule has 1 heterocycles. The Labute approximate surface area is 175 Å². The van der Waals surface area contributed by atoms with Crippen molar-refractivity contribution in [1.82, 2.24) is 5.32 Å². The number of aliphatic hydroxyl groups is 3. The number of carboxylic acids is 2. The molecule has 0 aromatic heterocycles. The summed E-state index contributed by atoms with van der Waals surface area (Å²) in [5, 5.41) is 50.0. The molecule has 0 spiro atoms. The van der Waals surface area contributed by atoms with Gasteiger partial charge in [0.15, 0.2) is 12.4 Å². The molecule has 1 saturated heterocycles. The van der Waals surface area contributed by atoms with Crippen molar-refractivity contribution >= 4 is 17.8 Å². The molecule has 30 heavy (non-hydrogen) atoms. The predicted octanol–water partition coefficient (Wildman–Crippen LogP) is -0.395. The maximum Gasteiger partial charge on any atom is 0.326 e. The maximum absolute atomic E-state index is 12.4. The fourth-order valence-corrected chi connectivity index (χ4v) is 3.06. The second-order valence-corrected chi connectivity index (χ2v) is 7.37. The van der Waals surface area contributed by atoms with Gasteiger partial charge < -0.3 is 40.3 Å². The topological polar surface area (TPSA) is 183 Å². The molecule has 174 valence electrons. The zero-order valence-corrected chi connectivity index (χ0v) is 17.1. The highest BCUT2D eigenvalue weighted by atomic mass is 16.7. The first-order valence-electron chi connectivity index (χ1n) is 10.2. The second kappa shape index (κ2) is 13.5. The lowest BCUT2D eigenvalue weighted by Crippen LogP contribution is -2.63. The van der Waals surface area contributed by atoms with Crippen molar-refractivity contribution in [3.63, 3.8) is 0 Å². The van der Waals surface area contributed by atoms with Gasteiger partial charge in [0.05, 0.1) is 0 Å². The third kappa shape index (κ3) is 8.52. The van der Waals surface area contributed by atoms with E-state index in [-0.39, 0.29) is 13.0 Å². The van der Waals surface area contributed by atoms with Crippen molar-refractivity contribution < 1.29 is 49.4 Å². The second-order valence-electron chi connectivity index (χ2n) is 7.37. The number of unbranched alkanes of at least 4 members (excludes halogenated alkanes) is 5. The molecule has 1 unspecified atom stereocenters. The smallest absolute Gasteiger partial charge is 0.326 e. The van der Waals surface area contributed by atoms with Gasteiger partial charge >= 0.3 is 11.9 Å². The lowest BCUT2D eigenvalue weighted by atomic mass is 9.98. The average molecular weight is 435 g/mol. The Morgan fingerprint density at radius 3 is 2.20 bits per heavy atom. The summed E-state index contributed by atoms with van der Waals surface area (Å²) in [5.74, 6) is -3.74. The van der Waals surface area contributed by atoms with Crippen LogP contribution in [0.25, 0.3) is 0 Å². The van der Waals surface area contributed by atoms with E-state index in [1.807, 2.05) is 0 Å². The maximum atomic E-state index is 12.4. The first kappa shape index (κ1) is 26.2. The van der Waals surface area contributed by atoms with Crippen LogP contribution in [0.5, 0.6) is 0 Å². The third-order valence-corrected chi connectivity index (χ3v) is 4.87. The predicted molar refractivity (Wildman–Crippen MR) is 102 cm³/mol. The van der Waals surface area contributed by atoms with Gasteiger partial charge in [-0.05, 0) is 12.8 Å². The van der Waals surface area contributed by atoms with Gasteiger partial charge in [-0.2, -0.15) is 0 Å². The molecule has 1 rings (SSSR count). The van der Waals surface area contributed by atoms with Crippen LogP contribution >= 0.6 is 0 Å². The molecule has 1 amide bonds. The minimum absolute atomic E-state index is 0.210. The van der Waals surface area contributed by atoms with Gasteiger partial charge in [0.1, 0.15) is 24.4 Å². The van der Waals surface area contributed by atoms with E-state index in [1.165, 1.54) is 0 Å². The summed E-state index contributed by atoms with van der Waals surface area (Å²) in [7, 11) is 0. The highest BCUT2D eigenvalue weighted by molar-refractivity contribution is 5.87. The molecule has 6 N–H and O–H groups in total. The summed E-state index contributed by atoms with van der Waals surface area (Å²) in [4.78, 5) is 34.3. The van der Waals surface area contributed by atoms with Crippen molar-refractivity contribution in [2.24, 2.45) is 0 Å². The summed E-state index contributed by atoms with van der Waals surface area (Å²) >= 11 is 0. The van der Waals surface area contributed by atoms with Crippen LogP contribution in [0.15, 0.2) is 0 Å². The van der Waals surface area contributed by atoms with Gasteiger partial charge in [0.25, 0.3) is 5.91 Å². The van der Waals surface area contributed by atoms with Crippen molar-refractivity contribution in [3.8, 4) is 0 Å². The molecule has 1 aliphatic rings. The fourth-order valence-electron chi connectivity index (χ4n) is 3.06. The van der Waals surface area contributed by atoms with Crippen molar-refractivity contribution in [3.05, 3.63) is 0 Å². The Kier molecular flexibility index (Phi) is 11.8. The molecule has 0 bridgehead atoms. The van der Waals surface area contributed by atoms with E-state index in [2.05, 4.69) is 12.2 Å². The molecule has 11 nitrogen and oxygen atoms in total. The molecule has 1 aliphatic heterocycles. The monoisotopic (exact) mass is 435 g/mol. The van der Waals surface area contributed by atoms with Gasteiger partial charge in [-0.15, -0.1) is 0 Å². The Morgan fingerprint density at radius 1 is 0.967 bits per heavy atom. The van der Waals surface area contributed by atoms with Gasteiger partial charge in [0.2, 0.25) is 0 Å². The largest absolute Gasteiger partial charge is 0.481 e. The molecule has 6 atom stereocenters. The summed E-state index contributed by atoms with van der Waals surface area (Å²) < 4.78 is 10.7. The number of carbonyl (C=O) groups is 3. The zero-order valence-electron chi connectivity index (χ0n) is 17.1. The van der Waals surface area contributed by atoms with Gasteiger partial charge in [-0.1, -0.05) is 39.0 Å². The number of amides is 1. The quantitative estimate of drug-likeness (QED) is 0.196. The number of carbonyl (C=O) groups excluding carboxylic acids is 1. The number of rotatable bonds is 14. The fraction of sp³-hybridized carbons (Fsp3) is 0.842. The third-order valence-electron chi connectivity index (χ3n) is 4.87. The van der Waals surface area contributed by atoms with Crippen molar-refractivity contribution in [2.45, 2.75) is 95.0 Å². The number of ether oxygens (including phenoxy) is 2. The average Bonchev–Trinajstić information content (AvgIpc) is 2.69. The Balaban J connectivity index is 2.61. The molecule has 0 aromatic carbocycles. The van der Waals surface area contributed by atoms with E-state index >= 15 is 0 Å². The zero-order chi connectivity index (χ0) is 22.7. The van der Waals surface area contributed by atoms with Crippen molar-refractivity contribution in [1.29, 1.82) is 0 Å². The van der Waals surface area contributed by atoms with E-state index < -0.39 is 61.0 Å². The lowest BCUT2D eigenvalue weighted by molar-refractivity contribution is -0.290. The molecule has 11 heteroatoms. The van der Waals surface area contributed by atoms with Gasteiger partial charge in [-0.3, -0.25) is 9.59 Å². The van der Waals surface area contributed by atoms with Gasteiger partial charge in [-0.25, -0.2) is 4.79 Å². The number of aliphatic hydroxyl groups excluding tert-OH is 3. The normalized spacial score (nSPS) is 27.4. The molecular formula is C19H33NO10. The minimum Gasteiger partial charge on any atom is -0.481 e. The highest BCUT2D eigenvalue weighted by Crippen LogP contribution is 2.23. The first-order valence-corrected chi connectivity index (χ1v) is 10.2. The first-order chi connectivity index (χ1) is 14.2. The molecule has 0 aromatic rings. The number of aliphatic carboxylic acids is 2. The molecule has 1 fully saturated rings. The van der Waals surface area contributed by atoms with Crippen LogP contribution < -0.4 is 5.32 Å². The lowest BCUT2D eigenvalue weighted by Gasteiger charge is -2.39. The number of hydrogen-bond donors (Lipinski definition) is 6. The van der Waals surface area contributed by atoms with Crippen LogP contribution in [-0.2, 0) is 23.9 Å². The van der Waals surface area contributed by atoms with E-state index in [1.54, 1.807) is 0 Å². The van der Waals surface area contributed by atoms with Crippen molar-refractivity contribution in [2.75, 3.05) is 6.61 Å². The number of nitrogens with one attached hydrogen (secondary N) is 1. The van der Waals surface area contributed by atoms with E-state index in [0.717, 1.165) is 32.1 Å². The summed E-state index contributed by atoms with van der Waals surface area (Å²) in [6, 6.07) is -1.52. The van der Waals surface area contributed by atoms with E-state index in [9.17, 15) is 29.7 Å². The number of hydrogen-bond acceptors (Lipinski definition) is 8. The van der Waals surface area contributed by atoms with Gasteiger partial charge in [0, 0.05) is 13.0 Å². The van der Waals surface area contributed by atoms with E-state index in [4.69, 9.17) is 19.7 Å². The molecule has 0 radical (unpaired) electrons. The standard InChI is InChI=1S/C19H33NO10/c1-2-3-4-5-6-7-10-29-19-15(25)13(23)14(24)16(30-19)17(26)20-11(18(27)28)8-9-12(21)22/h11,13-16,19,23-25H,2-10H2,1H3,(H,20,26)(H,21,22)(H,27,28)/t11?,13-,14-,15+,16-,19-/m0/s1. The number of carboxylic acid groups (broad SMARTS) is 2. The Bertz CT molecular complexity index is 557. The summed E-state index contributed by atoms with van der Waals surface area (Å²) in [6.07, 6.45) is -3.08. The summed E-state index contributed by atoms with van der Waals surface area (Å²) in [5.41, 5.74) is 0.